The van der Waals surface area contributed by atoms with Crippen molar-refractivity contribution in [3.63, 3.8) is 0 Å². The van der Waals surface area contributed by atoms with Crippen LogP contribution in [0.1, 0.15) is 36.0 Å². The second kappa shape index (κ2) is 5.70. The third kappa shape index (κ3) is 2.60. The van der Waals surface area contributed by atoms with E-state index < -0.39 is 0 Å². The molecule has 1 aromatic carbocycles. The van der Waals surface area contributed by atoms with Crippen molar-refractivity contribution in [3.8, 4) is 0 Å². The van der Waals surface area contributed by atoms with E-state index in [0.717, 1.165) is 22.6 Å². The van der Waals surface area contributed by atoms with Gasteiger partial charge in [-0.15, -0.1) is 10.2 Å². The first-order valence-corrected chi connectivity index (χ1v) is 8.30. The van der Waals surface area contributed by atoms with Gasteiger partial charge in [0.2, 0.25) is 0 Å². The molecule has 0 radical (unpaired) electrons. The molecule has 0 atom stereocenters. The van der Waals surface area contributed by atoms with E-state index in [-0.39, 0.29) is 5.82 Å². The van der Waals surface area contributed by atoms with Crippen LogP contribution >= 0.6 is 11.6 Å². The van der Waals surface area contributed by atoms with Crippen molar-refractivity contribution in [1.82, 2.24) is 19.7 Å². The van der Waals surface area contributed by atoms with Gasteiger partial charge in [0.05, 0.1) is 17.1 Å². The fraction of sp³-hybridized carbons (Fsp3) is 0.353. The molecule has 0 aliphatic heterocycles. The Balaban J connectivity index is 1.63. The SMILES string of the molecule is Cc1c(NCc2nnc(C3CC3)n2C)nc2cc(F)ccc2c1Cl. The highest BCUT2D eigenvalue weighted by molar-refractivity contribution is 6.36. The summed E-state index contributed by atoms with van der Waals surface area (Å²) in [6.45, 7) is 2.38. The summed E-state index contributed by atoms with van der Waals surface area (Å²) in [5, 5.41) is 13.1. The molecule has 0 unspecified atom stereocenters. The Morgan fingerprint density at radius 2 is 2.12 bits per heavy atom. The van der Waals surface area contributed by atoms with Gasteiger partial charge < -0.3 is 9.88 Å². The number of nitrogens with one attached hydrogen (secondary N) is 1. The molecule has 2 heterocycles. The summed E-state index contributed by atoms with van der Waals surface area (Å²) in [6.07, 6.45) is 2.37. The van der Waals surface area contributed by atoms with Crippen molar-refractivity contribution in [3.05, 3.63) is 46.3 Å². The zero-order valence-corrected chi connectivity index (χ0v) is 14.2. The lowest BCUT2D eigenvalue weighted by molar-refractivity contribution is 0.629. The van der Waals surface area contributed by atoms with Crippen molar-refractivity contribution in [1.29, 1.82) is 0 Å². The molecule has 1 fully saturated rings. The number of hydrogen-bond donors (Lipinski definition) is 1. The van der Waals surface area contributed by atoms with Crippen molar-refractivity contribution in [2.45, 2.75) is 32.2 Å². The minimum absolute atomic E-state index is 0.330. The lowest BCUT2D eigenvalue weighted by Crippen LogP contribution is -2.09. The van der Waals surface area contributed by atoms with E-state index in [1.54, 1.807) is 6.07 Å². The largest absolute Gasteiger partial charge is 0.362 e. The van der Waals surface area contributed by atoms with Crippen LogP contribution < -0.4 is 5.32 Å². The van der Waals surface area contributed by atoms with Crippen LogP contribution in [0.3, 0.4) is 0 Å². The Labute approximate surface area is 143 Å². The smallest absolute Gasteiger partial charge is 0.152 e. The maximum absolute atomic E-state index is 13.5. The Bertz CT molecular complexity index is 932. The number of pyridine rings is 1. The fourth-order valence-corrected chi connectivity index (χ4v) is 3.10. The molecule has 2 aromatic heterocycles. The van der Waals surface area contributed by atoms with Crippen LogP contribution in [-0.4, -0.2) is 19.7 Å². The topological polar surface area (TPSA) is 55.6 Å². The lowest BCUT2D eigenvalue weighted by Gasteiger charge is -2.12. The third-order valence-electron chi connectivity index (χ3n) is 4.47. The van der Waals surface area contributed by atoms with Crippen LogP contribution in [0.5, 0.6) is 0 Å². The summed E-state index contributed by atoms with van der Waals surface area (Å²) >= 11 is 6.41. The van der Waals surface area contributed by atoms with Gasteiger partial charge in [-0.1, -0.05) is 11.6 Å². The number of halogens is 2. The molecule has 1 aliphatic carbocycles. The summed E-state index contributed by atoms with van der Waals surface area (Å²) in [4.78, 5) is 4.50. The molecule has 1 N–H and O–H groups in total. The minimum Gasteiger partial charge on any atom is -0.362 e. The first-order chi connectivity index (χ1) is 11.5. The monoisotopic (exact) mass is 345 g/mol. The maximum Gasteiger partial charge on any atom is 0.152 e. The molecule has 7 heteroatoms. The molecule has 0 bridgehead atoms. The zero-order valence-electron chi connectivity index (χ0n) is 13.5. The molecule has 3 aromatic rings. The summed E-state index contributed by atoms with van der Waals surface area (Å²) < 4.78 is 15.5. The molecule has 24 heavy (non-hydrogen) atoms. The average Bonchev–Trinajstić information content (AvgIpc) is 3.33. The van der Waals surface area contributed by atoms with E-state index in [0.29, 0.717) is 28.8 Å². The van der Waals surface area contributed by atoms with Gasteiger partial charge in [0.1, 0.15) is 17.5 Å². The van der Waals surface area contributed by atoms with E-state index in [1.807, 2.05) is 18.5 Å². The summed E-state index contributed by atoms with van der Waals surface area (Å²) in [5.74, 6) is 2.73. The Kier molecular flexibility index (Phi) is 3.64. The Hall–Kier alpha value is -2.21. The molecule has 4 rings (SSSR count). The van der Waals surface area contributed by atoms with E-state index in [4.69, 9.17) is 11.6 Å². The Morgan fingerprint density at radius 3 is 2.88 bits per heavy atom. The second-order valence-corrected chi connectivity index (χ2v) is 6.60. The van der Waals surface area contributed by atoms with E-state index in [1.165, 1.54) is 25.0 Å². The fourth-order valence-electron chi connectivity index (χ4n) is 2.85. The quantitative estimate of drug-likeness (QED) is 0.777. The normalized spacial score (nSPS) is 14.3. The van der Waals surface area contributed by atoms with E-state index in [9.17, 15) is 4.39 Å². The summed E-state index contributed by atoms with van der Waals surface area (Å²) in [5.41, 5.74) is 1.37. The van der Waals surface area contributed by atoms with E-state index in [2.05, 4.69) is 20.5 Å². The van der Waals surface area contributed by atoms with Gasteiger partial charge in [0.15, 0.2) is 5.82 Å². The van der Waals surface area contributed by atoms with Crippen LogP contribution in [0.2, 0.25) is 5.02 Å². The summed E-state index contributed by atoms with van der Waals surface area (Å²) in [7, 11) is 1.98. The van der Waals surface area contributed by atoms with Gasteiger partial charge >= 0.3 is 0 Å². The van der Waals surface area contributed by atoms with Gasteiger partial charge in [0.25, 0.3) is 0 Å². The highest BCUT2D eigenvalue weighted by atomic mass is 35.5. The Morgan fingerprint density at radius 1 is 1.33 bits per heavy atom. The number of aromatic nitrogens is 4. The molecule has 0 amide bonds. The van der Waals surface area contributed by atoms with Crippen LogP contribution in [0.4, 0.5) is 10.2 Å². The lowest BCUT2D eigenvalue weighted by atomic mass is 10.1. The first kappa shape index (κ1) is 15.3. The molecule has 5 nitrogen and oxygen atoms in total. The van der Waals surface area contributed by atoms with Crippen molar-refractivity contribution < 1.29 is 4.39 Å². The van der Waals surface area contributed by atoms with Gasteiger partial charge in [-0.3, -0.25) is 0 Å². The van der Waals surface area contributed by atoms with Gasteiger partial charge in [0, 0.05) is 30.0 Å². The predicted molar refractivity (Wildman–Crippen MR) is 91.8 cm³/mol. The highest BCUT2D eigenvalue weighted by Crippen LogP contribution is 2.38. The molecular weight excluding hydrogens is 329 g/mol. The molecule has 0 saturated heterocycles. The minimum atomic E-state index is -0.330. The van der Waals surface area contributed by atoms with Crippen molar-refractivity contribution in [2.75, 3.05) is 5.32 Å². The maximum atomic E-state index is 13.5. The van der Waals surface area contributed by atoms with Gasteiger partial charge in [-0.2, -0.15) is 0 Å². The van der Waals surface area contributed by atoms with E-state index >= 15 is 0 Å². The molecule has 1 saturated carbocycles. The number of fused-ring (bicyclic) bond motifs is 1. The summed E-state index contributed by atoms with van der Waals surface area (Å²) in [6, 6.07) is 4.43. The molecule has 124 valence electrons. The zero-order chi connectivity index (χ0) is 16.8. The van der Waals surface area contributed by atoms with Crippen molar-refractivity contribution in [2.24, 2.45) is 7.05 Å². The van der Waals surface area contributed by atoms with Crippen LogP contribution in [-0.2, 0) is 13.6 Å². The third-order valence-corrected chi connectivity index (χ3v) is 4.96. The van der Waals surface area contributed by atoms with Gasteiger partial charge in [-0.25, -0.2) is 9.37 Å². The number of nitrogens with zero attached hydrogens (tertiary/aromatic N) is 4. The molecule has 0 spiro atoms. The highest BCUT2D eigenvalue weighted by Gasteiger charge is 2.29. The number of rotatable bonds is 4. The predicted octanol–water partition coefficient (Wildman–Crippen LogP) is 3.95. The van der Waals surface area contributed by atoms with Crippen molar-refractivity contribution >= 4 is 28.3 Å². The standard InChI is InChI=1S/C17H17ClFN5/c1-9-15(18)12-6-5-11(19)7-13(12)21-16(9)20-8-14-22-23-17(24(14)2)10-3-4-10/h5-7,10H,3-4,8H2,1-2H3,(H,20,21). The molecular formula is C17H17ClFN5. The number of benzene rings is 1. The van der Waals surface area contributed by atoms with Crippen LogP contribution in [0, 0.1) is 12.7 Å². The van der Waals surface area contributed by atoms with Crippen LogP contribution in [0.25, 0.3) is 10.9 Å². The second-order valence-electron chi connectivity index (χ2n) is 6.22. The van der Waals surface area contributed by atoms with Gasteiger partial charge in [-0.05, 0) is 31.9 Å². The average molecular weight is 346 g/mol. The number of hydrogen-bond acceptors (Lipinski definition) is 4. The first-order valence-electron chi connectivity index (χ1n) is 7.92. The molecule has 1 aliphatic rings. The number of anilines is 1. The van der Waals surface area contributed by atoms with Crippen LogP contribution in [0.15, 0.2) is 18.2 Å².